The van der Waals surface area contributed by atoms with Crippen molar-refractivity contribution in [1.29, 1.82) is 0 Å². The molecule has 2 heterocycles. The minimum Gasteiger partial charge on any atom is -0.497 e. The molecule has 3 aromatic rings. The summed E-state index contributed by atoms with van der Waals surface area (Å²) in [6.45, 7) is 2.94. The molecule has 0 atom stereocenters. The van der Waals surface area contributed by atoms with Crippen LogP contribution in [0.1, 0.15) is 15.2 Å². The molecular formula is C21H20N2O3S. The zero-order valence-corrected chi connectivity index (χ0v) is 15.9. The van der Waals surface area contributed by atoms with E-state index in [-0.39, 0.29) is 5.78 Å². The highest BCUT2D eigenvalue weighted by molar-refractivity contribution is 7.18. The maximum absolute atomic E-state index is 13.2. The molecule has 1 aliphatic heterocycles. The first-order valence-corrected chi connectivity index (χ1v) is 9.65. The summed E-state index contributed by atoms with van der Waals surface area (Å²) >= 11 is 1.45. The van der Waals surface area contributed by atoms with E-state index < -0.39 is 0 Å². The number of morpholine rings is 1. The van der Waals surface area contributed by atoms with Crippen molar-refractivity contribution < 1.29 is 14.3 Å². The topological polar surface area (TPSA) is 51.7 Å². The van der Waals surface area contributed by atoms with Gasteiger partial charge in [0.2, 0.25) is 5.78 Å². The van der Waals surface area contributed by atoms with Crippen LogP contribution in [-0.2, 0) is 4.74 Å². The van der Waals surface area contributed by atoms with E-state index in [0.29, 0.717) is 23.7 Å². The van der Waals surface area contributed by atoms with Gasteiger partial charge in [0.25, 0.3) is 0 Å². The second-order valence-corrected chi connectivity index (χ2v) is 7.17. The molecule has 2 aromatic carbocycles. The number of benzene rings is 2. The predicted octanol–water partition coefficient (Wildman–Crippen LogP) is 3.89. The zero-order valence-electron chi connectivity index (χ0n) is 15.1. The van der Waals surface area contributed by atoms with Gasteiger partial charge in [0, 0.05) is 24.2 Å². The van der Waals surface area contributed by atoms with Crippen molar-refractivity contribution in [3.05, 3.63) is 65.0 Å². The summed E-state index contributed by atoms with van der Waals surface area (Å²) in [6.07, 6.45) is 0. The van der Waals surface area contributed by atoms with Crippen LogP contribution in [0.2, 0.25) is 0 Å². The van der Waals surface area contributed by atoms with E-state index in [1.165, 1.54) is 11.3 Å². The quantitative estimate of drug-likeness (QED) is 0.629. The van der Waals surface area contributed by atoms with Gasteiger partial charge in [0.15, 0.2) is 5.13 Å². The summed E-state index contributed by atoms with van der Waals surface area (Å²) < 4.78 is 10.6. The van der Waals surface area contributed by atoms with E-state index in [1.54, 1.807) is 31.4 Å². The lowest BCUT2D eigenvalue weighted by molar-refractivity contribution is 0.104. The fraction of sp³-hybridized carbons (Fsp3) is 0.238. The Morgan fingerprint density at radius 3 is 2.44 bits per heavy atom. The minimum atomic E-state index is -0.0199. The predicted molar refractivity (Wildman–Crippen MR) is 107 cm³/mol. The minimum absolute atomic E-state index is 0.0199. The van der Waals surface area contributed by atoms with Crippen LogP contribution in [0.15, 0.2) is 54.6 Å². The number of ether oxygens (including phenoxy) is 2. The number of nitrogens with zero attached hydrogens (tertiary/aromatic N) is 2. The van der Waals surface area contributed by atoms with Crippen LogP contribution in [-0.4, -0.2) is 44.2 Å². The van der Waals surface area contributed by atoms with Gasteiger partial charge in [0.1, 0.15) is 10.6 Å². The fourth-order valence-corrected chi connectivity index (χ4v) is 4.12. The lowest BCUT2D eigenvalue weighted by Crippen LogP contribution is -2.36. The lowest BCUT2D eigenvalue weighted by Gasteiger charge is -2.26. The second-order valence-electron chi connectivity index (χ2n) is 6.20. The van der Waals surface area contributed by atoms with E-state index in [0.717, 1.165) is 35.2 Å². The van der Waals surface area contributed by atoms with Gasteiger partial charge in [-0.15, -0.1) is 0 Å². The number of thiazole rings is 1. The summed E-state index contributed by atoms with van der Waals surface area (Å²) in [5.41, 5.74) is 2.32. The van der Waals surface area contributed by atoms with E-state index in [9.17, 15) is 4.79 Å². The largest absolute Gasteiger partial charge is 0.497 e. The normalized spacial score (nSPS) is 14.2. The number of anilines is 1. The van der Waals surface area contributed by atoms with Crippen LogP contribution >= 0.6 is 11.3 Å². The van der Waals surface area contributed by atoms with Gasteiger partial charge < -0.3 is 14.4 Å². The molecule has 0 radical (unpaired) electrons. The average Bonchev–Trinajstić information content (AvgIpc) is 3.20. The Hall–Kier alpha value is -2.70. The Balaban J connectivity index is 1.74. The molecule has 1 aromatic heterocycles. The van der Waals surface area contributed by atoms with Crippen molar-refractivity contribution in [2.75, 3.05) is 38.3 Å². The number of methoxy groups -OCH3 is 1. The lowest BCUT2D eigenvalue weighted by atomic mass is 10.0. The molecule has 138 valence electrons. The molecule has 0 N–H and O–H groups in total. The monoisotopic (exact) mass is 380 g/mol. The Morgan fingerprint density at radius 2 is 1.78 bits per heavy atom. The number of hydrogen-bond acceptors (Lipinski definition) is 6. The van der Waals surface area contributed by atoms with E-state index in [1.807, 2.05) is 30.3 Å². The molecule has 6 heteroatoms. The number of hydrogen-bond donors (Lipinski definition) is 0. The van der Waals surface area contributed by atoms with Gasteiger partial charge in [-0.25, -0.2) is 4.98 Å². The molecule has 4 rings (SSSR count). The van der Waals surface area contributed by atoms with Crippen LogP contribution in [0, 0.1) is 0 Å². The van der Waals surface area contributed by atoms with Crippen molar-refractivity contribution in [1.82, 2.24) is 4.98 Å². The number of ketones is 1. The van der Waals surface area contributed by atoms with E-state index >= 15 is 0 Å². The van der Waals surface area contributed by atoms with E-state index in [2.05, 4.69) is 4.90 Å². The van der Waals surface area contributed by atoms with Crippen molar-refractivity contribution in [3.63, 3.8) is 0 Å². The van der Waals surface area contributed by atoms with Gasteiger partial charge in [-0.2, -0.15) is 0 Å². The molecule has 1 aliphatic rings. The number of rotatable bonds is 5. The summed E-state index contributed by atoms with van der Waals surface area (Å²) in [6, 6.07) is 17.1. The Morgan fingerprint density at radius 1 is 1.07 bits per heavy atom. The molecule has 0 amide bonds. The van der Waals surface area contributed by atoms with Crippen LogP contribution in [0.4, 0.5) is 5.13 Å². The second kappa shape index (κ2) is 7.90. The first-order valence-electron chi connectivity index (χ1n) is 8.84. The summed E-state index contributed by atoms with van der Waals surface area (Å²) in [4.78, 5) is 20.9. The van der Waals surface area contributed by atoms with Crippen LogP contribution in [0.5, 0.6) is 5.75 Å². The number of carbonyl (C=O) groups excluding carboxylic acids is 1. The Labute approximate surface area is 162 Å². The molecule has 0 aliphatic carbocycles. The van der Waals surface area contributed by atoms with Crippen molar-refractivity contribution in [2.24, 2.45) is 0 Å². The zero-order chi connectivity index (χ0) is 18.6. The first-order chi connectivity index (χ1) is 13.3. The highest BCUT2D eigenvalue weighted by Gasteiger charge is 2.24. The highest BCUT2D eigenvalue weighted by atomic mass is 32.1. The standard InChI is InChI=1S/C21H20N2O3S/c1-25-17-9-7-16(8-10-17)19(24)20-18(15-5-3-2-4-6-15)22-21(27-20)23-11-13-26-14-12-23/h2-10H,11-14H2,1H3. The molecular weight excluding hydrogens is 360 g/mol. The molecule has 1 saturated heterocycles. The smallest absolute Gasteiger partial charge is 0.205 e. The first kappa shape index (κ1) is 17.7. The summed E-state index contributed by atoms with van der Waals surface area (Å²) in [5, 5.41) is 0.869. The molecule has 0 saturated carbocycles. The fourth-order valence-electron chi connectivity index (χ4n) is 3.02. The number of aromatic nitrogens is 1. The third kappa shape index (κ3) is 3.72. The van der Waals surface area contributed by atoms with Gasteiger partial charge in [0.05, 0.1) is 26.0 Å². The molecule has 0 unspecified atom stereocenters. The highest BCUT2D eigenvalue weighted by Crippen LogP contribution is 2.35. The van der Waals surface area contributed by atoms with Gasteiger partial charge >= 0.3 is 0 Å². The van der Waals surface area contributed by atoms with Gasteiger partial charge in [-0.3, -0.25) is 4.79 Å². The molecule has 5 nitrogen and oxygen atoms in total. The van der Waals surface area contributed by atoms with E-state index in [4.69, 9.17) is 14.5 Å². The van der Waals surface area contributed by atoms with Crippen molar-refractivity contribution >= 4 is 22.3 Å². The Bertz CT molecular complexity index is 916. The van der Waals surface area contributed by atoms with Gasteiger partial charge in [-0.05, 0) is 24.3 Å². The van der Waals surface area contributed by atoms with Crippen molar-refractivity contribution in [3.8, 4) is 17.0 Å². The summed E-state index contributed by atoms with van der Waals surface area (Å²) in [7, 11) is 1.61. The van der Waals surface area contributed by atoms with Crippen LogP contribution < -0.4 is 9.64 Å². The van der Waals surface area contributed by atoms with Gasteiger partial charge in [-0.1, -0.05) is 41.7 Å². The number of carbonyl (C=O) groups is 1. The summed E-state index contributed by atoms with van der Waals surface area (Å²) in [5.74, 6) is 0.710. The van der Waals surface area contributed by atoms with Crippen LogP contribution in [0.3, 0.4) is 0 Å². The molecule has 1 fully saturated rings. The molecule has 0 spiro atoms. The SMILES string of the molecule is COc1ccc(C(=O)c2sc(N3CCOCC3)nc2-c2ccccc2)cc1. The van der Waals surface area contributed by atoms with Crippen molar-refractivity contribution in [2.45, 2.75) is 0 Å². The third-order valence-corrected chi connectivity index (χ3v) is 5.62. The Kier molecular flexibility index (Phi) is 5.18. The average molecular weight is 380 g/mol. The van der Waals surface area contributed by atoms with Crippen LogP contribution in [0.25, 0.3) is 11.3 Å². The maximum atomic E-state index is 13.2. The third-order valence-electron chi connectivity index (χ3n) is 4.50. The molecule has 27 heavy (non-hydrogen) atoms. The maximum Gasteiger partial charge on any atom is 0.205 e. The molecule has 0 bridgehead atoms.